The molecule has 3 amide bonds. The number of carbonyl (C=O) groups is 2. The Morgan fingerprint density at radius 3 is 2.48 bits per heavy atom. The summed E-state index contributed by atoms with van der Waals surface area (Å²) in [5.41, 5.74) is -0.432. The molecule has 2 fully saturated rings. The van der Waals surface area contributed by atoms with Crippen LogP contribution in [0.15, 0.2) is 12.4 Å². The summed E-state index contributed by atoms with van der Waals surface area (Å²) in [6, 6.07) is 1.55. The molecule has 0 bridgehead atoms. The summed E-state index contributed by atoms with van der Waals surface area (Å²) in [6.07, 6.45) is 5.20. The highest BCUT2D eigenvalue weighted by Crippen LogP contribution is 2.39. The van der Waals surface area contributed by atoms with Crippen molar-refractivity contribution in [1.82, 2.24) is 20.2 Å². The number of amides is 3. The Morgan fingerprint density at radius 1 is 1.30 bits per heavy atom. The number of carbonyl (C=O) groups excluding carboxylic acids is 2. The van der Waals surface area contributed by atoms with E-state index in [0.29, 0.717) is 36.1 Å². The summed E-state index contributed by atoms with van der Waals surface area (Å²) in [4.78, 5) is 34.4. The average molecular weight is 313 g/mol. The lowest BCUT2D eigenvalue weighted by molar-refractivity contribution is -0.134. The second-order valence-electron chi connectivity index (χ2n) is 6.76. The van der Waals surface area contributed by atoms with Crippen LogP contribution in [0.25, 0.3) is 0 Å². The molecule has 1 spiro atoms. The Hall–Kier alpha value is -2.49. The molecule has 2 unspecified atom stereocenters. The van der Waals surface area contributed by atoms with E-state index >= 15 is 0 Å². The van der Waals surface area contributed by atoms with Gasteiger partial charge >= 0.3 is 6.03 Å². The van der Waals surface area contributed by atoms with Crippen molar-refractivity contribution in [2.24, 2.45) is 11.8 Å². The number of imide groups is 1. The highest BCUT2D eigenvalue weighted by Gasteiger charge is 2.53. The van der Waals surface area contributed by atoms with E-state index in [1.807, 2.05) is 6.07 Å². The predicted molar refractivity (Wildman–Crippen MR) is 80.7 cm³/mol. The Labute approximate surface area is 134 Å². The van der Waals surface area contributed by atoms with Crippen molar-refractivity contribution in [3.05, 3.63) is 23.8 Å². The standard InChI is InChI=1S/C16H19N5O2/c1-10-3-11(2)5-16(4-10)14(22)21(15(23)20-16)9-13-18-7-12(6-17)8-19-13/h7-8,10-11H,3-5,9H2,1-2H3,(H,20,23). The third-order valence-corrected chi connectivity index (χ3v) is 4.58. The lowest BCUT2D eigenvalue weighted by Crippen LogP contribution is -2.51. The van der Waals surface area contributed by atoms with Gasteiger partial charge in [-0.25, -0.2) is 14.8 Å². The molecule has 1 aromatic heterocycles. The first-order valence-corrected chi connectivity index (χ1v) is 7.78. The summed E-state index contributed by atoms with van der Waals surface area (Å²) in [5.74, 6) is 0.957. The Balaban J connectivity index is 1.80. The molecule has 2 aliphatic rings. The van der Waals surface area contributed by atoms with Crippen molar-refractivity contribution < 1.29 is 9.59 Å². The van der Waals surface area contributed by atoms with Gasteiger partial charge < -0.3 is 5.32 Å². The smallest absolute Gasteiger partial charge is 0.323 e. The first-order chi connectivity index (χ1) is 10.9. The van der Waals surface area contributed by atoms with E-state index in [-0.39, 0.29) is 18.5 Å². The van der Waals surface area contributed by atoms with Crippen molar-refractivity contribution in [3.8, 4) is 6.07 Å². The second kappa shape index (κ2) is 5.61. The number of rotatable bonds is 2. The third kappa shape index (κ3) is 2.77. The molecular formula is C16H19N5O2. The lowest BCUT2D eigenvalue weighted by Gasteiger charge is -2.37. The number of nitriles is 1. The Kier molecular flexibility index (Phi) is 3.76. The van der Waals surface area contributed by atoms with Gasteiger partial charge in [-0.2, -0.15) is 5.26 Å². The fraction of sp³-hybridized carbons (Fsp3) is 0.562. The molecule has 2 heterocycles. The zero-order valence-electron chi connectivity index (χ0n) is 13.2. The number of nitrogens with one attached hydrogen (secondary N) is 1. The molecule has 1 aliphatic carbocycles. The lowest BCUT2D eigenvalue weighted by atomic mass is 9.71. The van der Waals surface area contributed by atoms with Gasteiger partial charge in [-0.3, -0.25) is 9.69 Å². The molecule has 0 radical (unpaired) electrons. The number of hydrogen-bond acceptors (Lipinski definition) is 5. The molecule has 1 saturated carbocycles. The molecule has 1 saturated heterocycles. The Morgan fingerprint density at radius 2 is 1.91 bits per heavy atom. The molecule has 1 N–H and O–H groups in total. The topological polar surface area (TPSA) is 99.0 Å². The monoisotopic (exact) mass is 313 g/mol. The van der Waals surface area contributed by atoms with E-state index in [4.69, 9.17) is 5.26 Å². The molecular weight excluding hydrogens is 294 g/mol. The van der Waals surface area contributed by atoms with E-state index in [1.165, 1.54) is 17.3 Å². The van der Waals surface area contributed by atoms with E-state index < -0.39 is 5.54 Å². The van der Waals surface area contributed by atoms with Gasteiger partial charge in [-0.05, 0) is 31.1 Å². The third-order valence-electron chi connectivity index (χ3n) is 4.58. The van der Waals surface area contributed by atoms with Gasteiger partial charge in [0.2, 0.25) is 0 Å². The van der Waals surface area contributed by atoms with Crippen molar-refractivity contribution in [2.45, 2.75) is 45.2 Å². The molecule has 23 heavy (non-hydrogen) atoms. The summed E-state index contributed by atoms with van der Waals surface area (Å²) >= 11 is 0. The largest absolute Gasteiger partial charge is 0.325 e. The molecule has 2 atom stereocenters. The predicted octanol–water partition coefficient (Wildman–Crippen LogP) is 1.59. The van der Waals surface area contributed by atoms with Crippen molar-refractivity contribution in [1.29, 1.82) is 5.26 Å². The van der Waals surface area contributed by atoms with Crippen LogP contribution in [0.2, 0.25) is 0 Å². The van der Waals surface area contributed by atoms with Crippen LogP contribution in [-0.4, -0.2) is 32.3 Å². The molecule has 1 aromatic rings. The highest BCUT2D eigenvalue weighted by atomic mass is 16.2. The average Bonchev–Trinajstić information content (AvgIpc) is 2.71. The van der Waals surface area contributed by atoms with Crippen LogP contribution in [0.5, 0.6) is 0 Å². The zero-order chi connectivity index (χ0) is 16.6. The van der Waals surface area contributed by atoms with Crippen LogP contribution >= 0.6 is 0 Å². The van der Waals surface area contributed by atoms with Crippen LogP contribution < -0.4 is 5.32 Å². The van der Waals surface area contributed by atoms with E-state index in [0.717, 1.165) is 6.42 Å². The van der Waals surface area contributed by atoms with Gasteiger partial charge in [0.25, 0.3) is 5.91 Å². The minimum atomic E-state index is -0.777. The maximum atomic E-state index is 12.8. The van der Waals surface area contributed by atoms with Crippen LogP contribution in [0, 0.1) is 23.2 Å². The summed E-state index contributed by atoms with van der Waals surface area (Å²) < 4.78 is 0. The maximum absolute atomic E-state index is 12.8. The van der Waals surface area contributed by atoms with Gasteiger partial charge in [0.05, 0.1) is 12.1 Å². The van der Waals surface area contributed by atoms with E-state index in [1.54, 1.807) is 0 Å². The normalized spacial score (nSPS) is 30.4. The van der Waals surface area contributed by atoms with E-state index in [2.05, 4.69) is 29.1 Å². The highest BCUT2D eigenvalue weighted by molar-refractivity contribution is 6.07. The van der Waals surface area contributed by atoms with Gasteiger partial charge in [0, 0.05) is 12.4 Å². The fourth-order valence-corrected chi connectivity index (χ4v) is 3.86. The molecule has 3 rings (SSSR count). The molecule has 7 heteroatoms. The van der Waals surface area contributed by atoms with Gasteiger partial charge in [-0.1, -0.05) is 13.8 Å². The van der Waals surface area contributed by atoms with Crippen LogP contribution in [0.3, 0.4) is 0 Å². The minimum Gasteiger partial charge on any atom is -0.323 e. The SMILES string of the molecule is CC1CC(C)CC2(C1)NC(=O)N(Cc1ncc(C#N)cn1)C2=O. The van der Waals surface area contributed by atoms with Crippen LogP contribution in [0.1, 0.15) is 44.5 Å². The van der Waals surface area contributed by atoms with Crippen LogP contribution in [-0.2, 0) is 11.3 Å². The molecule has 1 aliphatic heterocycles. The number of aromatic nitrogens is 2. The van der Waals surface area contributed by atoms with Gasteiger partial charge in [-0.15, -0.1) is 0 Å². The molecule has 120 valence electrons. The summed E-state index contributed by atoms with van der Waals surface area (Å²) in [5, 5.41) is 11.7. The summed E-state index contributed by atoms with van der Waals surface area (Å²) in [7, 11) is 0. The van der Waals surface area contributed by atoms with Crippen molar-refractivity contribution >= 4 is 11.9 Å². The molecule has 0 aromatic carbocycles. The molecule has 7 nitrogen and oxygen atoms in total. The van der Waals surface area contributed by atoms with Crippen molar-refractivity contribution in [3.63, 3.8) is 0 Å². The van der Waals surface area contributed by atoms with E-state index in [9.17, 15) is 9.59 Å². The first kappa shape index (κ1) is 15.4. The number of urea groups is 1. The second-order valence-corrected chi connectivity index (χ2v) is 6.76. The Bertz CT molecular complexity index is 669. The quantitative estimate of drug-likeness (QED) is 0.836. The minimum absolute atomic E-state index is 0.0287. The zero-order valence-corrected chi connectivity index (χ0v) is 13.2. The fourth-order valence-electron chi connectivity index (χ4n) is 3.86. The van der Waals surface area contributed by atoms with Gasteiger partial charge in [0.1, 0.15) is 17.4 Å². The summed E-state index contributed by atoms with van der Waals surface area (Å²) in [6.45, 7) is 4.26. The van der Waals surface area contributed by atoms with Crippen LogP contribution in [0.4, 0.5) is 4.79 Å². The first-order valence-electron chi connectivity index (χ1n) is 7.78. The maximum Gasteiger partial charge on any atom is 0.325 e. The number of hydrogen-bond donors (Lipinski definition) is 1. The van der Waals surface area contributed by atoms with Gasteiger partial charge in [0.15, 0.2) is 0 Å². The van der Waals surface area contributed by atoms with Crippen molar-refractivity contribution in [2.75, 3.05) is 0 Å². The number of nitrogens with zero attached hydrogens (tertiary/aromatic N) is 4.